The van der Waals surface area contributed by atoms with Crippen LogP contribution in [0.15, 0.2) is 30.5 Å². The van der Waals surface area contributed by atoms with E-state index >= 15 is 0 Å². The number of rotatable bonds is 3. The minimum Gasteiger partial charge on any atom is -0.366 e. The molecule has 0 radical (unpaired) electrons. The molecule has 0 unspecified atom stereocenters. The summed E-state index contributed by atoms with van der Waals surface area (Å²) < 4.78 is 38.4. The van der Waals surface area contributed by atoms with Gasteiger partial charge in [0.1, 0.15) is 11.9 Å². The van der Waals surface area contributed by atoms with Crippen molar-refractivity contribution < 1.29 is 13.2 Å². The van der Waals surface area contributed by atoms with E-state index in [1.165, 1.54) is 37.6 Å². The van der Waals surface area contributed by atoms with E-state index in [9.17, 15) is 13.2 Å². The number of hydrogen-bond acceptors (Lipinski definition) is 4. The van der Waals surface area contributed by atoms with Gasteiger partial charge in [0.2, 0.25) is 5.82 Å². The number of nitrogens with zero attached hydrogens (tertiary/aromatic N) is 3. The monoisotopic (exact) mass is 358 g/mol. The van der Waals surface area contributed by atoms with Crippen molar-refractivity contribution in [3.05, 3.63) is 41.9 Å². The Balaban J connectivity index is 1.66. The topological polar surface area (TPSA) is 61.6 Å². The molecule has 2 saturated carbocycles. The average molecular weight is 358 g/mol. The van der Waals surface area contributed by atoms with Crippen molar-refractivity contribution in [2.24, 2.45) is 11.8 Å². The molecule has 0 spiro atoms. The third-order valence-electron chi connectivity index (χ3n) is 5.47. The van der Waals surface area contributed by atoms with Crippen molar-refractivity contribution in [1.82, 2.24) is 9.97 Å². The van der Waals surface area contributed by atoms with Crippen LogP contribution in [0.4, 0.5) is 19.0 Å². The lowest BCUT2D eigenvalue weighted by Crippen LogP contribution is -2.26. The van der Waals surface area contributed by atoms with Crippen LogP contribution in [-0.2, 0) is 6.18 Å². The summed E-state index contributed by atoms with van der Waals surface area (Å²) >= 11 is 0. The van der Waals surface area contributed by atoms with Crippen molar-refractivity contribution in [3.8, 4) is 17.2 Å². The summed E-state index contributed by atoms with van der Waals surface area (Å²) in [6.07, 6.45) is 1.87. The van der Waals surface area contributed by atoms with Crippen molar-refractivity contribution >= 4 is 5.82 Å². The number of halogens is 3. The lowest BCUT2D eigenvalue weighted by Gasteiger charge is -2.24. The first-order valence-electron chi connectivity index (χ1n) is 8.65. The lowest BCUT2D eigenvalue weighted by atomic mass is 9.95. The molecule has 4 rings (SSSR count). The van der Waals surface area contributed by atoms with Gasteiger partial charge in [-0.05, 0) is 48.8 Å². The van der Waals surface area contributed by atoms with Gasteiger partial charge >= 0.3 is 6.18 Å². The van der Waals surface area contributed by atoms with Crippen molar-refractivity contribution in [1.29, 1.82) is 5.26 Å². The fourth-order valence-corrected chi connectivity index (χ4v) is 4.19. The predicted octanol–water partition coefficient (Wildman–Crippen LogP) is 4.63. The SMILES string of the molecule is N#Cc1ncc(-c2ccc(C(F)(F)F)cc2)c(N[C@@H]2C[C@@H]3CC[C@H]2C3)n1. The molecule has 134 valence electrons. The molecule has 7 heteroatoms. The van der Waals surface area contributed by atoms with Gasteiger partial charge in [0.25, 0.3) is 0 Å². The van der Waals surface area contributed by atoms with E-state index < -0.39 is 11.7 Å². The third kappa shape index (κ3) is 3.12. The maximum Gasteiger partial charge on any atom is 0.416 e. The number of nitriles is 1. The zero-order chi connectivity index (χ0) is 18.3. The Labute approximate surface area is 149 Å². The zero-order valence-electron chi connectivity index (χ0n) is 13.9. The van der Waals surface area contributed by atoms with Gasteiger partial charge in [0, 0.05) is 17.8 Å². The number of hydrogen-bond donors (Lipinski definition) is 1. The van der Waals surface area contributed by atoms with Crippen LogP contribution in [0, 0.1) is 23.2 Å². The van der Waals surface area contributed by atoms with Gasteiger partial charge in [-0.25, -0.2) is 9.97 Å². The first-order valence-corrected chi connectivity index (χ1v) is 8.65. The molecule has 2 aromatic rings. The summed E-state index contributed by atoms with van der Waals surface area (Å²) in [4.78, 5) is 8.27. The highest BCUT2D eigenvalue weighted by molar-refractivity contribution is 5.75. The molecule has 1 N–H and O–H groups in total. The minimum absolute atomic E-state index is 0.0475. The van der Waals surface area contributed by atoms with Crippen LogP contribution in [0.25, 0.3) is 11.1 Å². The maximum atomic E-state index is 12.8. The summed E-state index contributed by atoms with van der Waals surface area (Å²) in [5.74, 6) is 1.91. The highest BCUT2D eigenvalue weighted by Crippen LogP contribution is 2.46. The largest absolute Gasteiger partial charge is 0.416 e. The number of fused-ring (bicyclic) bond motifs is 2. The van der Waals surface area contributed by atoms with E-state index in [1.54, 1.807) is 0 Å². The second-order valence-electron chi connectivity index (χ2n) is 7.07. The van der Waals surface area contributed by atoms with Crippen LogP contribution < -0.4 is 5.32 Å². The number of benzene rings is 1. The molecule has 0 aliphatic heterocycles. The van der Waals surface area contributed by atoms with Gasteiger partial charge in [-0.3, -0.25) is 0 Å². The standard InChI is InChI=1S/C19H17F3N4/c20-19(21,22)14-5-3-12(4-6-14)15-10-24-17(9-23)26-18(15)25-16-8-11-1-2-13(16)7-11/h3-6,10-11,13,16H,1-2,7-8H2,(H,24,25,26)/t11-,13+,16-/m1/s1. The van der Waals surface area contributed by atoms with Crippen LogP contribution in [-0.4, -0.2) is 16.0 Å². The smallest absolute Gasteiger partial charge is 0.366 e. The Morgan fingerprint density at radius 3 is 2.46 bits per heavy atom. The predicted molar refractivity (Wildman–Crippen MR) is 90.0 cm³/mol. The Morgan fingerprint density at radius 1 is 1.12 bits per heavy atom. The molecule has 2 bridgehead atoms. The minimum atomic E-state index is -4.37. The summed E-state index contributed by atoms with van der Waals surface area (Å²) in [5, 5.41) is 12.5. The van der Waals surface area contributed by atoms with Crippen LogP contribution >= 0.6 is 0 Å². The number of nitrogens with one attached hydrogen (secondary N) is 1. The van der Waals surface area contributed by atoms with Crippen molar-refractivity contribution in [3.63, 3.8) is 0 Å². The maximum absolute atomic E-state index is 12.8. The van der Waals surface area contributed by atoms with E-state index in [4.69, 9.17) is 5.26 Å². The number of alkyl halides is 3. The van der Waals surface area contributed by atoms with E-state index in [0.29, 0.717) is 28.9 Å². The Bertz CT molecular complexity index is 855. The fourth-order valence-electron chi connectivity index (χ4n) is 4.19. The molecule has 4 nitrogen and oxygen atoms in total. The Morgan fingerprint density at radius 2 is 1.88 bits per heavy atom. The van der Waals surface area contributed by atoms with Gasteiger partial charge in [-0.1, -0.05) is 18.6 Å². The summed E-state index contributed by atoms with van der Waals surface area (Å²) in [6.45, 7) is 0. The molecule has 2 fully saturated rings. The van der Waals surface area contributed by atoms with E-state index in [0.717, 1.165) is 24.5 Å². The Hall–Kier alpha value is -2.62. The summed E-state index contributed by atoms with van der Waals surface area (Å²) in [5.41, 5.74) is 0.507. The fraction of sp³-hybridized carbons (Fsp3) is 0.421. The van der Waals surface area contributed by atoms with E-state index in [2.05, 4.69) is 15.3 Å². The number of anilines is 1. The van der Waals surface area contributed by atoms with Crippen LogP contribution in [0.5, 0.6) is 0 Å². The quantitative estimate of drug-likeness (QED) is 0.869. The molecular weight excluding hydrogens is 341 g/mol. The highest BCUT2D eigenvalue weighted by atomic mass is 19.4. The van der Waals surface area contributed by atoms with Gasteiger partial charge in [0.05, 0.1) is 5.56 Å². The first-order chi connectivity index (χ1) is 12.4. The molecule has 2 aliphatic rings. The molecule has 1 aromatic carbocycles. The average Bonchev–Trinajstić information content (AvgIpc) is 3.24. The van der Waals surface area contributed by atoms with Gasteiger partial charge in [-0.15, -0.1) is 0 Å². The van der Waals surface area contributed by atoms with Crippen molar-refractivity contribution in [2.75, 3.05) is 5.32 Å². The lowest BCUT2D eigenvalue weighted by molar-refractivity contribution is -0.137. The molecule has 1 heterocycles. The molecule has 1 aromatic heterocycles. The molecule has 26 heavy (non-hydrogen) atoms. The zero-order valence-corrected chi connectivity index (χ0v) is 13.9. The van der Waals surface area contributed by atoms with Crippen molar-refractivity contribution in [2.45, 2.75) is 37.9 Å². The second-order valence-corrected chi connectivity index (χ2v) is 7.07. The van der Waals surface area contributed by atoms with Gasteiger partial charge in [-0.2, -0.15) is 18.4 Å². The summed E-state index contributed by atoms with van der Waals surface area (Å²) in [7, 11) is 0. The molecule has 3 atom stereocenters. The highest BCUT2D eigenvalue weighted by Gasteiger charge is 2.40. The summed E-state index contributed by atoms with van der Waals surface area (Å²) in [6, 6.07) is 7.15. The normalized spacial score (nSPS) is 24.5. The van der Waals surface area contributed by atoms with Crippen LogP contribution in [0.3, 0.4) is 0 Å². The number of aromatic nitrogens is 2. The molecule has 2 aliphatic carbocycles. The van der Waals surface area contributed by atoms with Gasteiger partial charge < -0.3 is 5.32 Å². The first kappa shape index (κ1) is 16.8. The third-order valence-corrected chi connectivity index (χ3v) is 5.47. The molecule has 0 saturated heterocycles. The van der Waals surface area contributed by atoms with Gasteiger partial charge in [0.15, 0.2) is 0 Å². The Kier molecular flexibility index (Phi) is 4.06. The van der Waals surface area contributed by atoms with Crippen LogP contribution in [0.1, 0.15) is 37.1 Å². The van der Waals surface area contributed by atoms with E-state index in [-0.39, 0.29) is 5.82 Å². The molecule has 0 amide bonds. The van der Waals surface area contributed by atoms with E-state index in [1.807, 2.05) is 6.07 Å². The van der Waals surface area contributed by atoms with Crippen LogP contribution in [0.2, 0.25) is 0 Å². The molecular formula is C19H17F3N4. The second kappa shape index (κ2) is 6.27.